The number of carbonyl (C=O) groups excluding carboxylic acids is 1. The minimum Gasteiger partial charge on any atom is -0.492 e. The first kappa shape index (κ1) is 14.4. The van der Waals surface area contributed by atoms with Crippen LogP contribution >= 0.6 is 0 Å². The van der Waals surface area contributed by atoms with Gasteiger partial charge in [-0.3, -0.25) is 4.79 Å². The van der Waals surface area contributed by atoms with Crippen molar-refractivity contribution in [1.29, 1.82) is 5.26 Å². The van der Waals surface area contributed by atoms with Gasteiger partial charge in [-0.15, -0.1) is 0 Å². The van der Waals surface area contributed by atoms with Gasteiger partial charge in [0.05, 0.1) is 18.2 Å². The molecule has 0 aliphatic carbocycles. The van der Waals surface area contributed by atoms with E-state index in [4.69, 9.17) is 10.00 Å². The van der Waals surface area contributed by atoms with E-state index in [0.29, 0.717) is 31.1 Å². The van der Waals surface area contributed by atoms with Crippen LogP contribution in [-0.2, 0) is 4.79 Å². The first-order valence-corrected chi connectivity index (χ1v) is 7.10. The summed E-state index contributed by atoms with van der Waals surface area (Å²) in [6.07, 6.45) is 2.71. The molecule has 1 aromatic carbocycles. The highest BCUT2D eigenvalue weighted by atomic mass is 16.5. The number of nitrogens with zero attached hydrogens (tertiary/aromatic N) is 2. The normalized spacial score (nSPS) is 19.3. The standard InChI is InChI=1S/C16H20N2O2/c1-13-2-7-16(19)18(9-8-13)10-11-20-15-5-3-14(12-17)4-6-15/h3-6,13H,2,7-11H2,1H3. The fraction of sp³-hybridized carbons (Fsp3) is 0.500. The van der Waals surface area contributed by atoms with Gasteiger partial charge in [-0.1, -0.05) is 6.92 Å². The molecule has 4 heteroatoms. The minimum absolute atomic E-state index is 0.234. The van der Waals surface area contributed by atoms with Crippen molar-refractivity contribution in [3.8, 4) is 11.8 Å². The van der Waals surface area contributed by atoms with Gasteiger partial charge < -0.3 is 9.64 Å². The topological polar surface area (TPSA) is 53.3 Å². The Morgan fingerprint density at radius 1 is 1.35 bits per heavy atom. The summed E-state index contributed by atoms with van der Waals surface area (Å²) in [5, 5.41) is 8.72. The summed E-state index contributed by atoms with van der Waals surface area (Å²) in [7, 11) is 0. The maximum Gasteiger partial charge on any atom is 0.222 e. The molecule has 0 N–H and O–H groups in total. The summed E-state index contributed by atoms with van der Waals surface area (Å²) in [6.45, 7) is 4.15. The molecule has 106 valence electrons. The second-order valence-corrected chi connectivity index (χ2v) is 5.30. The lowest BCUT2D eigenvalue weighted by molar-refractivity contribution is -0.131. The van der Waals surface area contributed by atoms with Crippen LogP contribution in [0.4, 0.5) is 0 Å². The summed E-state index contributed by atoms with van der Waals surface area (Å²) in [6, 6.07) is 9.10. The third-order valence-electron chi connectivity index (χ3n) is 3.71. The van der Waals surface area contributed by atoms with Crippen LogP contribution in [0.3, 0.4) is 0 Å². The average molecular weight is 272 g/mol. The zero-order valence-corrected chi connectivity index (χ0v) is 11.8. The Balaban J connectivity index is 1.79. The van der Waals surface area contributed by atoms with Crippen LogP contribution in [0.15, 0.2) is 24.3 Å². The Hall–Kier alpha value is -2.02. The van der Waals surface area contributed by atoms with Crippen LogP contribution in [0.25, 0.3) is 0 Å². The molecule has 1 fully saturated rings. The molecule has 1 aliphatic rings. The van der Waals surface area contributed by atoms with Crippen LogP contribution in [0.1, 0.15) is 31.7 Å². The Morgan fingerprint density at radius 3 is 2.80 bits per heavy atom. The van der Waals surface area contributed by atoms with Crippen LogP contribution < -0.4 is 4.74 Å². The number of hydrogen-bond donors (Lipinski definition) is 0. The van der Waals surface area contributed by atoms with Gasteiger partial charge >= 0.3 is 0 Å². The van der Waals surface area contributed by atoms with Gasteiger partial charge in [0.1, 0.15) is 12.4 Å². The molecule has 1 aliphatic heterocycles. The van der Waals surface area contributed by atoms with Crippen molar-refractivity contribution >= 4 is 5.91 Å². The highest BCUT2D eigenvalue weighted by Gasteiger charge is 2.19. The molecule has 1 aromatic rings. The van der Waals surface area contributed by atoms with E-state index in [1.165, 1.54) is 0 Å². The van der Waals surface area contributed by atoms with Crippen LogP contribution in [0.2, 0.25) is 0 Å². The van der Waals surface area contributed by atoms with Crippen LogP contribution in [0, 0.1) is 17.2 Å². The maximum absolute atomic E-state index is 11.9. The number of hydrogen-bond acceptors (Lipinski definition) is 3. The van der Waals surface area contributed by atoms with Gasteiger partial charge in [-0.25, -0.2) is 0 Å². The molecular formula is C16H20N2O2. The number of ether oxygens (including phenoxy) is 1. The van der Waals surface area contributed by atoms with Gasteiger partial charge in [-0.05, 0) is 43.0 Å². The van der Waals surface area contributed by atoms with Crippen LogP contribution in [0.5, 0.6) is 5.75 Å². The Labute approximate surface area is 120 Å². The summed E-state index contributed by atoms with van der Waals surface area (Å²) >= 11 is 0. The zero-order chi connectivity index (χ0) is 14.4. The molecule has 20 heavy (non-hydrogen) atoms. The second-order valence-electron chi connectivity index (χ2n) is 5.30. The molecule has 1 atom stereocenters. The number of likely N-dealkylation sites (tertiary alicyclic amines) is 1. The minimum atomic E-state index is 0.234. The van der Waals surface area contributed by atoms with E-state index in [1.54, 1.807) is 24.3 Å². The van der Waals surface area contributed by atoms with Crippen LogP contribution in [-0.4, -0.2) is 30.5 Å². The summed E-state index contributed by atoms with van der Waals surface area (Å²) in [5.41, 5.74) is 0.619. The van der Waals surface area contributed by atoms with Gasteiger partial charge in [0, 0.05) is 13.0 Å². The maximum atomic E-state index is 11.9. The SMILES string of the molecule is CC1CCC(=O)N(CCOc2ccc(C#N)cc2)CC1. The summed E-state index contributed by atoms with van der Waals surface area (Å²) in [5.74, 6) is 1.60. The quantitative estimate of drug-likeness (QED) is 0.846. The van der Waals surface area contributed by atoms with E-state index >= 15 is 0 Å². The predicted molar refractivity (Wildman–Crippen MR) is 76.2 cm³/mol. The van der Waals surface area contributed by atoms with E-state index in [2.05, 4.69) is 13.0 Å². The molecular weight excluding hydrogens is 252 g/mol. The Kier molecular flexibility index (Phi) is 5.00. The molecule has 0 aromatic heterocycles. The van der Waals surface area contributed by atoms with Gasteiger partial charge in [0.2, 0.25) is 5.91 Å². The fourth-order valence-electron chi connectivity index (χ4n) is 2.31. The Morgan fingerprint density at radius 2 is 2.10 bits per heavy atom. The second kappa shape index (κ2) is 6.95. The summed E-state index contributed by atoms with van der Waals surface area (Å²) < 4.78 is 5.62. The number of carbonyl (C=O) groups is 1. The smallest absolute Gasteiger partial charge is 0.222 e. The first-order valence-electron chi connectivity index (χ1n) is 7.10. The van der Waals surface area contributed by atoms with E-state index in [9.17, 15) is 4.79 Å². The van der Waals surface area contributed by atoms with E-state index in [-0.39, 0.29) is 5.91 Å². The monoisotopic (exact) mass is 272 g/mol. The lowest BCUT2D eigenvalue weighted by Gasteiger charge is -2.20. The first-order chi connectivity index (χ1) is 9.69. The molecule has 0 radical (unpaired) electrons. The van der Waals surface area contributed by atoms with Crippen molar-refractivity contribution in [3.05, 3.63) is 29.8 Å². The van der Waals surface area contributed by atoms with Crippen molar-refractivity contribution in [2.75, 3.05) is 19.7 Å². The lowest BCUT2D eigenvalue weighted by Crippen LogP contribution is -2.34. The molecule has 1 saturated heterocycles. The molecule has 0 bridgehead atoms. The van der Waals surface area contributed by atoms with Gasteiger partial charge in [0.25, 0.3) is 0 Å². The third-order valence-corrected chi connectivity index (χ3v) is 3.71. The van der Waals surface area contributed by atoms with Gasteiger partial charge in [-0.2, -0.15) is 5.26 Å². The number of amides is 1. The molecule has 1 unspecified atom stereocenters. The van der Waals surface area contributed by atoms with E-state index in [1.807, 2.05) is 4.90 Å². The lowest BCUT2D eigenvalue weighted by atomic mass is 10.0. The van der Waals surface area contributed by atoms with Crippen molar-refractivity contribution in [2.45, 2.75) is 26.2 Å². The largest absolute Gasteiger partial charge is 0.492 e. The molecule has 1 heterocycles. The number of nitriles is 1. The molecule has 2 rings (SSSR count). The molecule has 4 nitrogen and oxygen atoms in total. The van der Waals surface area contributed by atoms with E-state index < -0.39 is 0 Å². The highest BCUT2D eigenvalue weighted by Crippen LogP contribution is 2.17. The summed E-state index contributed by atoms with van der Waals surface area (Å²) in [4.78, 5) is 13.8. The Bertz CT molecular complexity index is 490. The van der Waals surface area contributed by atoms with Crippen molar-refractivity contribution in [1.82, 2.24) is 4.90 Å². The number of benzene rings is 1. The molecule has 0 spiro atoms. The molecule has 0 saturated carbocycles. The highest BCUT2D eigenvalue weighted by molar-refractivity contribution is 5.76. The van der Waals surface area contributed by atoms with Crippen molar-refractivity contribution in [2.24, 2.45) is 5.92 Å². The van der Waals surface area contributed by atoms with Gasteiger partial charge in [0.15, 0.2) is 0 Å². The molecule has 1 amide bonds. The van der Waals surface area contributed by atoms with Crippen molar-refractivity contribution in [3.63, 3.8) is 0 Å². The zero-order valence-electron chi connectivity index (χ0n) is 11.8. The average Bonchev–Trinajstić information content (AvgIpc) is 2.63. The fourth-order valence-corrected chi connectivity index (χ4v) is 2.31. The van der Waals surface area contributed by atoms with Crippen molar-refractivity contribution < 1.29 is 9.53 Å². The third kappa shape index (κ3) is 3.99. The number of rotatable bonds is 4. The predicted octanol–water partition coefficient (Wildman–Crippen LogP) is 2.59. The van der Waals surface area contributed by atoms with E-state index in [0.717, 1.165) is 25.1 Å².